The fraction of sp³-hybridized carbons (Fsp3) is 0.139. The van der Waals surface area contributed by atoms with Crippen LogP contribution in [0.5, 0.6) is 11.5 Å². The van der Waals surface area contributed by atoms with Crippen molar-refractivity contribution in [2.45, 2.75) is 19.6 Å². The molecule has 0 amide bonds. The summed E-state index contributed by atoms with van der Waals surface area (Å²) in [5.41, 5.74) is 3.61. The number of carbonyl (C=O) groups is 1. The van der Waals surface area contributed by atoms with E-state index in [1.54, 1.807) is 24.7 Å². The van der Waals surface area contributed by atoms with E-state index >= 15 is 0 Å². The van der Waals surface area contributed by atoms with E-state index in [9.17, 15) is 9.59 Å². The number of fused-ring (bicyclic) bond motifs is 1. The first-order valence-corrected chi connectivity index (χ1v) is 15.5. The molecule has 1 aliphatic rings. The lowest BCUT2D eigenvalue weighted by Crippen LogP contribution is -2.40. The van der Waals surface area contributed by atoms with E-state index in [0.29, 0.717) is 38.2 Å². The van der Waals surface area contributed by atoms with Crippen LogP contribution in [0, 0.1) is 0 Å². The molecule has 5 aromatic rings. The van der Waals surface area contributed by atoms with Gasteiger partial charge in [-0.3, -0.25) is 9.36 Å². The number of nitrogens with zero attached hydrogens (tertiary/aromatic N) is 2. The molecule has 1 aromatic heterocycles. The number of esters is 1. The molecule has 0 unspecified atom stereocenters. The number of para-hydroxylation sites is 1. The predicted molar refractivity (Wildman–Crippen MR) is 176 cm³/mol. The molecule has 0 N–H and O–H groups in total. The van der Waals surface area contributed by atoms with E-state index < -0.39 is 12.0 Å². The molecule has 0 spiro atoms. The van der Waals surface area contributed by atoms with E-state index in [0.717, 1.165) is 22.3 Å². The first-order valence-electron chi connectivity index (χ1n) is 14.4. The molecule has 0 radical (unpaired) electrons. The summed E-state index contributed by atoms with van der Waals surface area (Å²) in [4.78, 5) is 33.3. The van der Waals surface area contributed by atoms with Gasteiger partial charge < -0.3 is 14.2 Å². The van der Waals surface area contributed by atoms with Gasteiger partial charge in [0.25, 0.3) is 5.56 Å². The molecule has 226 valence electrons. The number of aromatic nitrogens is 1. The molecule has 0 saturated carbocycles. The van der Waals surface area contributed by atoms with Crippen LogP contribution >= 0.6 is 22.9 Å². The Morgan fingerprint density at radius 3 is 2.47 bits per heavy atom. The van der Waals surface area contributed by atoms with Crippen LogP contribution in [0.4, 0.5) is 0 Å². The van der Waals surface area contributed by atoms with Gasteiger partial charge in [-0.15, -0.1) is 0 Å². The Morgan fingerprint density at radius 2 is 1.73 bits per heavy atom. The summed E-state index contributed by atoms with van der Waals surface area (Å²) < 4.78 is 19.1. The third-order valence-corrected chi connectivity index (χ3v) is 8.51. The van der Waals surface area contributed by atoms with Crippen LogP contribution in [0.2, 0.25) is 5.02 Å². The molecular formula is C36H29ClN2O5S. The first-order chi connectivity index (χ1) is 22.0. The Bertz CT molecular complexity index is 2070. The number of methoxy groups -OCH3 is 1. The van der Waals surface area contributed by atoms with E-state index in [-0.39, 0.29) is 17.7 Å². The van der Waals surface area contributed by atoms with Crippen LogP contribution in [-0.4, -0.2) is 24.3 Å². The summed E-state index contributed by atoms with van der Waals surface area (Å²) >= 11 is 7.41. The predicted octanol–water partition coefficient (Wildman–Crippen LogP) is 6.18. The summed E-state index contributed by atoms with van der Waals surface area (Å²) in [5, 5.41) is 0.633. The highest BCUT2D eigenvalue weighted by Gasteiger charge is 2.35. The smallest absolute Gasteiger partial charge is 0.338 e. The molecular weight excluding hydrogens is 608 g/mol. The van der Waals surface area contributed by atoms with Gasteiger partial charge in [0.05, 0.1) is 35.6 Å². The molecule has 0 saturated heterocycles. The number of benzene rings is 4. The van der Waals surface area contributed by atoms with Crippen LogP contribution in [-0.2, 0) is 16.1 Å². The lowest BCUT2D eigenvalue weighted by molar-refractivity contribution is -0.138. The van der Waals surface area contributed by atoms with Crippen molar-refractivity contribution in [2.75, 3.05) is 13.7 Å². The third-order valence-electron chi connectivity index (χ3n) is 7.29. The van der Waals surface area contributed by atoms with E-state index in [1.807, 2.05) is 103 Å². The Labute approximate surface area is 268 Å². The molecule has 6 rings (SSSR count). The van der Waals surface area contributed by atoms with Crippen molar-refractivity contribution in [1.82, 2.24) is 4.57 Å². The number of carbonyl (C=O) groups excluding carboxylic acids is 1. The maximum absolute atomic E-state index is 14.2. The van der Waals surface area contributed by atoms with E-state index in [2.05, 4.69) is 0 Å². The van der Waals surface area contributed by atoms with Crippen LogP contribution in [0.3, 0.4) is 0 Å². The summed E-state index contributed by atoms with van der Waals surface area (Å²) in [6.45, 7) is 2.24. The van der Waals surface area contributed by atoms with Gasteiger partial charge in [-0.25, -0.2) is 9.79 Å². The minimum atomic E-state index is -0.780. The van der Waals surface area contributed by atoms with Gasteiger partial charge in [0.1, 0.15) is 18.1 Å². The Morgan fingerprint density at radius 1 is 0.978 bits per heavy atom. The SMILES string of the molecule is CCOC(=O)C1=C(c2ccccc2)N=c2s/c(=C\c3ccccc3OCc3cccc(Cl)c3)c(=O)n2[C@@H]1c1ccc(OC)cc1. The average Bonchev–Trinajstić information content (AvgIpc) is 3.38. The number of halogens is 1. The van der Waals surface area contributed by atoms with Crippen molar-refractivity contribution >= 4 is 40.7 Å². The minimum Gasteiger partial charge on any atom is -0.497 e. The molecule has 0 fully saturated rings. The largest absolute Gasteiger partial charge is 0.497 e. The maximum atomic E-state index is 14.2. The van der Waals surface area contributed by atoms with Crippen molar-refractivity contribution in [2.24, 2.45) is 4.99 Å². The fourth-order valence-electron chi connectivity index (χ4n) is 5.20. The van der Waals surface area contributed by atoms with Gasteiger partial charge in [-0.05, 0) is 54.5 Å². The molecule has 45 heavy (non-hydrogen) atoms. The molecule has 0 bridgehead atoms. The summed E-state index contributed by atoms with van der Waals surface area (Å²) in [6.07, 6.45) is 1.80. The monoisotopic (exact) mass is 636 g/mol. The zero-order valence-electron chi connectivity index (χ0n) is 24.6. The number of thiazole rings is 1. The molecule has 0 aliphatic carbocycles. The van der Waals surface area contributed by atoms with Crippen molar-refractivity contribution in [3.05, 3.63) is 156 Å². The van der Waals surface area contributed by atoms with E-state index in [1.165, 1.54) is 11.3 Å². The zero-order chi connectivity index (χ0) is 31.3. The zero-order valence-corrected chi connectivity index (χ0v) is 26.2. The number of rotatable bonds is 9. The second-order valence-corrected chi connectivity index (χ2v) is 11.6. The van der Waals surface area contributed by atoms with Crippen molar-refractivity contribution in [3.63, 3.8) is 0 Å². The average molecular weight is 637 g/mol. The number of hydrogen-bond donors (Lipinski definition) is 0. The highest BCUT2D eigenvalue weighted by atomic mass is 35.5. The number of hydrogen-bond acceptors (Lipinski definition) is 7. The maximum Gasteiger partial charge on any atom is 0.338 e. The van der Waals surface area contributed by atoms with Gasteiger partial charge in [0, 0.05) is 16.1 Å². The lowest BCUT2D eigenvalue weighted by Gasteiger charge is -2.26. The quantitative estimate of drug-likeness (QED) is 0.181. The minimum absolute atomic E-state index is 0.177. The van der Waals surface area contributed by atoms with E-state index in [4.69, 9.17) is 30.8 Å². The molecule has 4 aromatic carbocycles. The Balaban J connectivity index is 1.52. The van der Waals surface area contributed by atoms with Gasteiger partial charge in [0.15, 0.2) is 4.80 Å². The van der Waals surface area contributed by atoms with Crippen molar-refractivity contribution in [3.8, 4) is 11.5 Å². The third kappa shape index (κ3) is 6.34. The second kappa shape index (κ2) is 13.4. The highest BCUT2D eigenvalue weighted by Crippen LogP contribution is 2.35. The highest BCUT2D eigenvalue weighted by molar-refractivity contribution is 7.07. The summed E-state index contributed by atoms with van der Waals surface area (Å²) in [7, 11) is 1.59. The van der Waals surface area contributed by atoms with Gasteiger partial charge in [-0.1, -0.05) is 95.7 Å². The lowest BCUT2D eigenvalue weighted by atomic mass is 9.93. The Hall–Kier alpha value is -4.92. The molecule has 9 heteroatoms. The summed E-state index contributed by atoms with van der Waals surface area (Å²) in [6, 6.07) is 31.0. The molecule has 1 aliphatic heterocycles. The van der Waals surface area contributed by atoms with Gasteiger partial charge >= 0.3 is 5.97 Å². The molecule has 1 atom stereocenters. The standard InChI is InChI=1S/C36H29ClN2O5S/c1-3-43-35(41)31-32(24-11-5-4-6-12-24)38-36-39(33(31)25-16-18-28(42-2)19-17-25)34(40)30(45-36)21-26-13-7-8-15-29(26)44-22-23-10-9-14-27(37)20-23/h4-21,33H,3,22H2,1-2H3/b30-21-/t33-/m1/s1. The molecule has 2 heterocycles. The van der Waals surface area contributed by atoms with Crippen LogP contribution in [0.15, 0.2) is 118 Å². The first kappa shape index (κ1) is 30.1. The van der Waals surface area contributed by atoms with Crippen LogP contribution < -0.4 is 24.4 Å². The Kier molecular flexibility index (Phi) is 8.96. The topological polar surface area (TPSA) is 79.1 Å². The second-order valence-electron chi connectivity index (χ2n) is 10.2. The normalized spacial score (nSPS) is 14.5. The van der Waals surface area contributed by atoms with Gasteiger partial charge in [-0.2, -0.15) is 0 Å². The number of ether oxygens (including phenoxy) is 3. The van der Waals surface area contributed by atoms with Crippen LogP contribution in [0.25, 0.3) is 11.8 Å². The summed E-state index contributed by atoms with van der Waals surface area (Å²) in [5.74, 6) is 0.743. The molecule has 7 nitrogen and oxygen atoms in total. The van der Waals surface area contributed by atoms with Gasteiger partial charge in [0.2, 0.25) is 0 Å². The van der Waals surface area contributed by atoms with Crippen LogP contribution in [0.1, 0.15) is 35.2 Å². The van der Waals surface area contributed by atoms with Crippen molar-refractivity contribution < 1.29 is 19.0 Å². The fourth-order valence-corrected chi connectivity index (χ4v) is 6.41. The van der Waals surface area contributed by atoms with Crippen molar-refractivity contribution in [1.29, 1.82) is 0 Å².